The molecule has 0 fully saturated rings. The van der Waals surface area contributed by atoms with Crippen LogP contribution in [0.1, 0.15) is 15.9 Å². The molecule has 130 valence electrons. The molecule has 1 N–H and O–H groups in total. The van der Waals surface area contributed by atoms with Crippen LogP contribution in [0.25, 0.3) is 0 Å². The Morgan fingerprint density at radius 3 is 2.80 bits per heavy atom. The van der Waals surface area contributed by atoms with Crippen LogP contribution in [0.2, 0.25) is 0 Å². The topological polar surface area (TPSA) is 50.8 Å². The highest BCUT2D eigenvalue weighted by molar-refractivity contribution is 5.94. The molecule has 1 heterocycles. The van der Waals surface area contributed by atoms with Crippen LogP contribution in [-0.2, 0) is 4.74 Å². The Bertz CT molecular complexity index is 741. The molecule has 2 aromatic rings. The molecular weight excluding hydrogens is 316 g/mol. The number of carbonyl (C=O) groups excluding carboxylic acids is 1. The van der Waals surface area contributed by atoms with Crippen molar-refractivity contribution in [3.63, 3.8) is 0 Å². The highest BCUT2D eigenvalue weighted by atomic mass is 16.5. The molecule has 0 aromatic heterocycles. The highest BCUT2D eigenvalue weighted by Crippen LogP contribution is 2.22. The molecule has 1 aliphatic rings. The first-order valence-corrected chi connectivity index (χ1v) is 8.36. The maximum absolute atomic E-state index is 12.3. The minimum Gasteiger partial charge on any atom is -0.498 e. The number of hydrogen-bond acceptors (Lipinski definition) is 4. The van der Waals surface area contributed by atoms with E-state index in [2.05, 4.69) is 10.2 Å². The zero-order valence-corrected chi connectivity index (χ0v) is 14.3. The van der Waals surface area contributed by atoms with Gasteiger partial charge in [-0.1, -0.05) is 23.8 Å². The second kappa shape index (κ2) is 8.24. The van der Waals surface area contributed by atoms with Gasteiger partial charge in [-0.3, -0.25) is 4.79 Å². The molecule has 0 radical (unpaired) electrons. The van der Waals surface area contributed by atoms with Crippen LogP contribution in [0, 0.1) is 6.92 Å². The zero-order chi connectivity index (χ0) is 17.5. The van der Waals surface area contributed by atoms with E-state index in [0.717, 1.165) is 18.8 Å². The number of benzene rings is 2. The molecule has 0 saturated carbocycles. The van der Waals surface area contributed by atoms with E-state index in [-0.39, 0.29) is 5.91 Å². The van der Waals surface area contributed by atoms with Crippen molar-refractivity contribution in [3.8, 4) is 11.5 Å². The van der Waals surface area contributed by atoms with E-state index in [0.29, 0.717) is 24.5 Å². The van der Waals surface area contributed by atoms with E-state index in [1.807, 2.05) is 49.5 Å². The first kappa shape index (κ1) is 16.9. The summed E-state index contributed by atoms with van der Waals surface area (Å²) in [6.07, 6.45) is 3.57. The fraction of sp³-hybridized carbons (Fsp3) is 0.250. The first-order valence-electron chi connectivity index (χ1n) is 8.36. The average molecular weight is 338 g/mol. The first-order chi connectivity index (χ1) is 12.2. The highest BCUT2D eigenvalue weighted by Gasteiger charge is 2.08. The van der Waals surface area contributed by atoms with Gasteiger partial charge in [0.1, 0.15) is 18.1 Å². The smallest absolute Gasteiger partial charge is 0.251 e. The minimum absolute atomic E-state index is 0.105. The Morgan fingerprint density at radius 2 is 2.04 bits per heavy atom. The van der Waals surface area contributed by atoms with Crippen LogP contribution < -0.4 is 10.1 Å². The third-order valence-corrected chi connectivity index (χ3v) is 3.90. The number of amides is 1. The van der Waals surface area contributed by atoms with E-state index in [4.69, 9.17) is 9.47 Å². The van der Waals surface area contributed by atoms with Crippen LogP contribution in [0.3, 0.4) is 0 Å². The lowest BCUT2D eigenvalue weighted by molar-refractivity contribution is 0.0947. The molecule has 0 spiro atoms. The van der Waals surface area contributed by atoms with E-state index in [1.165, 1.54) is 5.56 Å². The van der Waals surface area contributed by atoms with Crippen molar-refractivity contribution in [2.75, 3.05) is 26.2 Å². The van der Waals surface area contributed by atoms with Crippen molar-refractivity contribution in [3.05, 3.63) is 72.1 Å². The lowest BCUT2D eigenvalue weighted by atomic mass is 10.2. The fourth-order valence-corrected chi connectivity index (χ4v) is 2.49. The summed E-state index contributed by atoms with van der Waals surface area (Å²) in [5.41, 5.74) is 1.76. The van der Waals surface area contributed by atoms with Gasteiger partial charge < -0.3 is 19.7 Å². The fourth-order valence-electron chi connectivity index (χ4n) is 2.49. The van der Waals surface area contributed by atoms with Gasteiger partial charge in [0.2, 0.25) is 0 Å². The largest absolute Gasteiger partial charge is 0.498 e. The third kappa shape index (κ3) is 5.01. The molecular formula is C20H22N2O3. The molecule has 0 aliphatic carbocycles. The van der Waals surface area contributed by atoms with Gasteiger partial charge in [-0.2, -0.15) is 0 Å². The Hall–Kier alpha value is -2.95. The van der Waals surface area contributed by atoms with Crippen molar-refractivity contribution in [1.82, 2.24) is 10.2 Å². The summed E-state index contributed by atoms with van der Waals surface area (Å²) < 4.78 is 11.0. The summed E-state index contributed by atoms with van der Waals surface area (Å²) in [4.78, 5) is 14.4. The number of rotatable bonds is 6. The van der Waals surface area contributed by atoms with Crippen molar-refractivity contribution in [2.24, 2.45) is 0 Å². The molecule has 0 bridgehead atoms. The number of ether oxygens (including phenoxy) is 2. The van der Waals surface area contributed by atoms with Crippen LogP contribution in [0.5, 0.6) is 11.5 Å². The Balaban J connectivity index is 1.54. The Kier molecular flexibility index (Phi) is 5.57. The van der Waals surface area contributed by atoms with Crippen molar-refractivity contribution < 1.29 is 14.3 Å². The minimum atomic E-state index is -0.105. The maximum Gasteiger partial charge on any atom is 0.251 e. The van der Waals surface area contributed by atoms with Crippen LogP contribution >= 0.6 is 0 Å². The van der Waals surface area contributed by atoms with Gasteiger partial charge >= 0.3 is 0 Å². The monoisotopic (exact) mass is 338 g/mol. The molecule has 3 rings (SSSR count). The van der Waals surface area contributed by atoms with Gasteiger partial charge in [0.05, 0.1) is 12.8 Å². The summed E-state index contributed by atoms with van der Waals surface area (Å²) in [7, 11) is 0. The zero-order valence-electron chi connectivity index (χ0n) is 14.3. The molecule has 25 heavy (non-hydrogen) atoms. The van der Waals surface area contributed by atoms with E-state index < -0.39 is 0 Å². The normalized spacial score (nSPS) is 13.2. The van der Waals surface area contributed by atoms with Crippen LogP contribution in [0.15, 0.2) is 61.0 Å². The van der Waals surface area contributed by atoms with E-state index >= 15 is 0 Å². The van der Waals surface area contributed by atoms with Gasteiger partial charge in [-0.25, -0.2) is 0 Å². The van der Waals surface area contributed by atoms with E-state index in [1.54, 1.807) is 18.4 Å². The summed E-state index contributed by atoms with van der Waals surface area (Å²) in [5, 5.41) is 2.93. The summed E-state index contributed by atoms with van der Waals surface area (Å²) in [6.45, 7) is 4.88. The van der Waals surface area contributed by atoms with Crippen molar-refractivity contribution in [2.45, 2.75) is 6.92 Å². The van der Waals surface area contributed by atoms with Crippen molar-refractivity contribution >= 4 is 5.91 Å². The number of nitrogens with zero attached hydrogens (tertiary/aromatic N) is 1. The average Bonchev–Trinajstić information content (AvgIpc) is 2.65. The maximum atomic E-state index is 12.3. The standard InChI is InChI=1S/C20H22N2O3/c1-16-5-7-18(8-6-16)25-19-4-2-3-17(15-19)20(23)21-9-10-22-11-13-24-14-12-22/h2-8,11,13,15H,9-10,12,14H2,1H3,(H,21,23). The molecule has 0 atom stereocenters. The molecule has 1 amide bonds. The van der Waals surface area contributed by atoms with Crippen LogP contribution in [-0.4, -0.2) is 37.0 Å². The number of aryl methyl sites for hydroxylation is 1. The predicted octanol–water partition coefficient (Wildman–Crippen LogP) is 3.32. The van der Waals surface area contributed by atoms with Gasteiger partial charge in [-0.15, -0.1) is 0 Å². The van der Waals surface area contributed by atoms with E-state index in [9.17, 15) is 4.79 Å². The van der Waals surface area contributed by atoms with Crippen LogP contribution in [0.4, 0.5) is 0 Å². The number of carbonyl (C=O) groups is 1. The third-order valence-electron chi connectivity index (χ3n) is 3.90. The van der Waals surface area contributed by atoms with Crippen molar-refractivity contribution in [1.29, 1.82) is 0 Å². The Morgan fingerprint density at radius 1 is 1.20 bits per heavy atom. The molecule has 0 saturated heterocycles. The lowest BCUT2D eigenvalue weighted by Gasteiger charge is -2.23. The number of hydrogen-bond donors (Lipinski definition) is 1. The summed E-state index contributed by atoms with van der Waals surface area (Å²) in [5.74, 6) is 1.29. The second-order valence-corrected chi connectivity index (χ2v) is 5.89. The molecule has 2 aromatic carbocycles. The molecule has 5 heteroatoms. The van der Waals surface area contributed by atoms with Gasteiger partial charge in [-0.05, 0) is 37.3 Å². The van der Waals surface area contributed by atoms with Gasteiger partial charge in [0.25, 0.3) is 5.91 Å². The number of nitrogens with one attached hydrogen (secondary N) is 1. The summed E-state index contributed by atoms with van der Waals surface area (Å²) in [6, 6.07) is 15.0. The van der Waals surface area contributed by atoms with Gasteiger partial charge in [0, 0.05) is 24.9 Å². The quantitative estimate of drug-likeness (QED) is 0.878. The molecule has 1 aliphatic heterocycles. The lowest BCUT2D eigenvalue weighted by Crippen LogP contribution is -2.35. The summed E-state index contributed by atoms with van der Waals surface area (Å²) >= 11 is 0. The Labute approximate surface area is 147 Å². The second-order valence-electron chi connectivity index (χ2n) is 5.89. The van der Waals surface area contributed by atoms with Gasteiger partial charge in [0.15, 0.2) is 0 Å². The molecule has 5 nitrogen and oxygen atoms in total. The SMILES string of the molecule is Cc1ccc(Oc2cccc(C(=O)NCCN3C=COCC3)c2)cc1. The molecule has 0 unspecified atom stereocenters. The predicted molar refractivity (Wildman–Crippen MR) is 96.7 cm³/mol.